The predicted molar refractivity (Wildman–Crippen MR) is 88.7 cm³/mol. The fraction of sp³-hybridized carbons (Fsp3) is 0. The first-order valence-corrected chi connectivity index (χ1v) is 7.49. The third-order valence-electron chi connectivity index (χ3n) is 3.42. The van der Waals surface area contributed by atoms with Crippen LogP contribution in [-0.4, -0.2) is 25.0 Å². The van der Waals surface area contributed by atoms with Crippen molar-refractivity contribution in [1.29, 1.82) is 0 Å². The van der Waals surface area contributed by atoms with Gasteiger partial charge in [-0.25, -0.2) is 14.6 Å². The van der Waals surface area contributed by atoms with Gasteiger partial charge in [0.1, 0.15) is 16.9 Å². The molecule has 0 amide bonds. The van der Waals surface area contributed by atoms with Gasteiger partial charge in [0.15, 0.2) is 6.33 Å². The van der Waals surface area contributed by atoms with Crippen molar-refractivity contribution in [2.75, 3.05) is 0 Å². The van der Waals surface area contributed by atoms with E-state index in [2.05, 4.69) is 26.6 Å². The molecule has 0 aliphatic heterocycles. The second-order valence-electron chi connectivity index (χ2n) is 4.82. The normalized spacial score (nSPS) is 11.0. The summed E-state index contributed by atoms with van der Waals surface area (Å²) in [6.45, 7) is 0. The highest BCUT2D eigenvalue weighted by atomic mass is 35.5. The minimum Gasteiger partial charge on any atom is -0.231 e. The Kier molecular flexibility index (Phi) is 3.44. The molecule has 0 spiro atoms. The second-order valence-corrected chi connectivity index (χ2v) is 5.66. The van der Waals surface area contributed by atoms with E-state index in [1.807, 2.05) is 30.3 Å². The van der Waals surface area contributed by atoms with Gasteiger partial charge in [0, 0.05) is 10.6 Å². The van der Waals surface area contributed by atoms with E-state index in [0.717, 1.165) is 16.6 Å². The number of halogens is 2. The van der Waals surface area contributed by atoms with Gasteiger partial charge in [-0.05, 0) is 30.3 Å². The summed E-state index contributed by atoms with van der Waals surface area (Å²) in [6, 6.07) is 12.9. The summed E-state index contributed by atoms with van der Waals surface area (Å²) >= 11 is 12.3. The number of para-hydroxylation sites is 1. The Balaban J connectivity index is 1.97. The molecule has 1 radical (unpaired) electrons. The number of hydrogen-bond donors (Lipinski definition) is 0. The quantitative estimate of drug-likeness (QED) is 0.553. The summed E-state index contributed by atoms with van der Waals surface area (Å²) in [5.74, 6) is 0. The van der Waals surface area contributed by atoms with Crippen molar-refractivity contribution in [1.82, 2.24) is 25.0 Å². The van der Waals surface area contributed by atoms with Crippen LogP contribution in [0, 0.1) is 6.33 Å². The Labute approximate surface area is 141 Å². The van der Waals surface area contributed by atoms with Gasteiger partial charge in [0.05, 0.1) is 16.7 Å². The molecule has 0 aliphatic rings. The third kappa shape index (κ3) is 2.44. The van der Waals surface area contributed by atoms with Crippen LogP contribution >= 0.6 is 23.2 Å². The summed E-state index contributed by atoms with van der Waals surface area (Å²) in [5, 5.41) is 9.42. The van der Waals surface area contributed by atoms with Crippen LogP contribution in [0.15, 0.2) is 48.7 Å². The molecule has 0 atom stereocenters. The molecule has 2 heterocycles. The molecule has 0 fully saturated rings. The van der Waals surface area contributed by atoms with Crippen molar-refractivity contribution in [2.24, 2.45) is 0 Å². The Morgan fingerprint density at radius 1 is 1.04 bits per heavy atom. The minimum atomic E-state index is 0.496. The van der Waals surface area contributed by atoms with Crippen LogP contribution in [0.2, 0.25) is 10.0 Å². The molecule has 2 aromatic carbocycles. The van der Waals surface area contributed by atoms with Crippen molar-refractivity contribution in [3.63, 3.8) is 0 Å². The highest BCUT2D eigenvalue weighted by molar-refractivity contribution is 6.36. The molecule has 23 heavy (non-hydrogen) atoms. The lowest BCUT2D eigenvalue weighted by Gasteiger charge is -2.09. The highest BCUT2D eigenvalue weighted by Gasteiger charge is 2.15. The van der Waals surface area contributed by atoms with Gasteiger partial charge in [-0.2, -0.15) is 0 Å². The lowest BCUT2D eigenvalue weighted by Crippen LogP contribution is -2.02. The molecule has 0 bridgehead atoms. The largest absolute Gasteiger partial charge is 0.231 e. The van der Waals surface area contributed by atoms with E-state index in [9.17, 15) is 0 Å². The van der Waals surface area contributed by atoms with Crippen LogP contribution in [0.3, 0.4) is 0 Å². The van der Waals surface area contributed by atoms with Gasteiger partial charge in [0.2, 0.25) is 0 Å². The fourth-order valence-corrected chi connectivity index (χ4v) is 2.87. The summed E-state index contributed by atoms with van der Waals surface area (Å²) in [6.07, 6.45) is 4.23. The number of nitrogens with zero attached hydrogens (tertiary/aromatic N) is 5. The monoisotopic (exact) mass is 340 g/mol. The van der Waals surface area contributed by atoms with Gasteiger partial charge >= 0.3 is 0 Å². The van der Waals surface area contributed by atoms with Crippen molar-refractivity contribution in [3.05, 3.63) is 65.0 Å². The van der Waals surface area contributed by atoms with E-state index in [4.69, 9.17) is 23.2 Å². The molecule has 111 valence electrons. The van der Waals surface area contributed by atoms with Crippen LogP contribution < -0.4 is 0 Å². The first-order valence-electron chi connectivity index (χ1n) is 6.73. The van der Waals surface area contributed by atoms with Crippen molar-refractivity contribution in [3.8, 4) is 16.9 Å². The van der Waals surface area contributed by atoms with Gasteiger partial charge in [-0.15, -0.1) is 5.10 Å². The van der Waals surface area contributed by atoms with Crippen molar-refractivity contribution in [2.45, 2.75) is 0 Å². The average molecular weight is 341 g/mol. The average Bonchev–Trinajstić information content (AvgIpc) is 2.99. The van der Waals surface area contributed by atoms with Crippen LogP contribution in [0.25, 0.3) is 28.0 Å². The molecule has 7 heteroatoms. The summed E-state index contributed by atoms with van der Waals surface area (Å²) < 4.78 is 1.68. The maximum atomic E-state index is 6.31. The summed E-state index contributed by atoms with van der Waals surface area (Å²) in [7, 11) is 0. The molecular weight excluding hydrogens is 333 g/mol. The lowest BCUT2D eigenvalue weighted by molar-refractivity contribution is 0.815. The van der Waals surface area contributed by atoms with Gasteiger partial charge < -0.3 is 0 Å². The lowest BCUT2D eigenvalue weighted by atomic mass is 10.1. The van der Waals surface area contributed by atoms with Crippen molar-refractivity contribution < 1.29 is 0 Å². The zero-order chi connectivity index (χ0) is 15.8. The maximum Gasteiger partial charge on any atom is 0.198 e. The Bertz CT molecular complexity index is 1010. The molecule has 4 aromatic rings. The first-order chi connectivity index (χ1) is 11.2. The Morgan fingerprint density at radius 2 is 1.91 bits per heavy atom. The molecule has 0 unspecified atom stereocenters. The Hall–Kier alpha value is -2.50. The van der Waals surface area contributed by atoms with E-state index >= 15 is 0 Å². The standard InChI is InChI=1S/C16H8Cl2N5/c17-10-5-6-11(12(18)7-10)16-15(8-19-9-20-16)23-14-4-2-1-3-13(14)21-22-23/h1-8H. The van der Waals surface area contributed by atoms with Crippen LogP contribution in [0.5, 0.6) is 0 Å². The fourth-order valence-electron chi connectivity index (χ4n) is 2.37. The minimum absolute atomic E-state index is 0.496. The number of rotatable bonds is 2. The van der Waals surface area contributed by atoms with Crippen LogP contribution in [0.1, 0.15) is 0 Å². The molecule has 0 saturated heterocycles. The molecule has 5 nitrogen and oxygen atoms in total. The smallest absolute Gasteiger partial charge is 0.198 e. The van der Waals surface area contributed by atoms with Crippen LogP contribution in [0.4, 0.5) is 0 Å². The van der Waals surface area contributed by atoms with Crippen molar-refractivity contribution >= 4 is 34.2 Å². The highest BCUT2D eigenvalue weighted by Crippen LogP contribution is 2.32. The maximum absolute atomic E-state index is 6.31. The van der Waals surface area contributed by atoms with Gasteiger partial charge in [0.25, 0.3) is 0 Å². The molecule has 0 N–H and O–H groups in total. The van der Waals surface area contributed by atoms with E-state index < -0.39 is 0 Å². The van der Waals surface area contributed by atoms with E-state index in [0.29, 0.717) is 21.4 Å². The second kappa shape index (κ2) is 5.61. The Morgan fingerprint density at radius 3 is 2.78 bits per heavy atom. The summed E-state index contributed by atoms with van der Waals surface area (Å²) in [5.41, 5.74) is 3.64. The number of benzene rings is 2. The SMILES string of the molecule is Clc1ccc(-c2n[c]ncc2-n2nnc3ccccc32)c(Cl)c1. The van der Waals surface area contributed by atoms with Gasteiger partial charge in [-0.1, -0.05) is 40.5 Å². The first kappa shape index (κ1) is 14.1. The molecule has 0 saturated carbocycles. The van der Waals surface area contributed by atoms with Gasteiger partial charge in [-0.3, -0.25) is 0 Å². The van der Waals surface area contributed by atoms with E-state index in [-0.39, 0.29) is 0 Å². The van der Waals surface area contributed by atoms with E-state index in [1.54, 1.807) is 23.0 Å². The number of aromatic nitrogens is 5. The zero-order valence-corrected chi connectivity index (χ0v) is 13.1. The van der Waals surface area contributed by atoms with Crippen LogP contribution in [-0.2, 0) is 0 Å². The zero-order valence-electron chi connectivity index (χ0n) is 11.6. The predicted octanol–water partition coefficient (Wildman–Crippen LogP) is 3.98. The third-order valence-corrected chi connectivity index (χ3v) is 3.96. The summed E-state index contributed by atoms with van der Waals surface area (Å²) in [4.78, 5) is 8.24. The molecule has 4 rings (SSSR count). The molecule has 2 aromatic heterocycles. The topological polar surface area (TPSA) is 56.5 Å². The van der Waals surface area contributed by atoms with E-state index in [1.165, 1.54) is 0 Å². The number of fused-ring (bicyclic) bond motifs is 1. The molecular formula is C16H8Cl2N5. The number of hydrogen-bond acceptors (Lipinski definition) is 4. The molecule has 0 aliphatic carbocycles.